The molecule has 0 spiro atoms. The van der Waals surface area contributed by atoms with Gasteiger partial charge in [-0.05, 0) is 31.3 Å². The first-order valence-electron chi connectivity index (χ1n) is 6.73. The van der Waals surface area contributed by atoms with Crippen molar-refractivity contribution in [1.29, 1.82) is 0 Å². The molecule has 0 aliphatic heterocycles. The minimum atomic E-state index is 0.826. The Morgan fingerprint density at radius 2 is 2.00 bits per heavy atom. The van der Waals surface area contributed by atoms with E-state index in [-0.39, 0.29) is 0 Å². The van der Waals surface area contributed by atoms with Crippen LogP contribution in [-0.4, -0.2) is 31.1 Å². The Bertz CT molecular complexity index is 585. The van der Waals surface area contributed by atoms with Gasteiger partial charge in [0.2, 0.25) is 0 Å². The van der Waals surface area contributed by atoms with Crippen LogP contribution in [0.2, 0.25) is 0 Å². The molecule has 0 saturated heterocycles. The van der Waals surface area contributed by atoms with Gasteiger partial charge >= 0.3 is 0 Å². The number of hydrogen-bond donors (Lipinski definition) is 1. The zero-order valence-electron chi connectivity index (χ0n) is 11.5. The first-order valence-corrected chi connectivity index (χ1v) is 7.13. The number of benzene rings is 1. The quantitative estimate of drug-likeness (QED) is 0.810. The van der Waals surface area contributed by atoms with Crippen molar-refractivity contribution in [3.8, 4) is 0 Å². The Morgan fingerprint density at radius 1 is 1.21 bits per heavy atom. The van der Waals surface area contributed by atoms with E-state index in [1.54, 1.807) is 6.26 Å². The third-order valence-corrected chi connectivity index (χ3v) is 3.67. The minimum Gasteiger partial charge on any atom is -0.464 e. The van der Waals surface area contributed by atoms with E-state index in [0.29, 0.717) is 0 Å². The molecule has 0 aliphatic rings. The second kappa shape index (κ2) is 6.68. The van der Waals surface area contributed by atoms with Crippen molar-refractivity contribution in [3.63, 3.8) is 0 Å². The predicted molar refractivity (Wildman–Crippen MR) is 83.3 cm³/mol. The second-order valence-electron chi connectivity index (χ2n) is 4.42. The van der Waals surface area contributed by atoms with Gasteiger partial charge in [0.15, 0.2) is 0 Å². The second-order valence-corrected chi connectivity index (χ2v) is 4.86. The normalized spacial score (nSPS) is 11.1. The largest absolute Gasteiger partial charge is 0.464 e. The molecule has 1 aromatic heterocycles. The van der Waals surface area contributed by atoms with E-state index in [2.05, 4.69) is 30.1 Å². The summed E-state index contributed by atoms with van der Waals surface area (Å²) < 4.78 is 6.31. The molecule has 0 fully saturated rings. The lowest BCUT2D eigenvalue weighted by molar-refractivity contribution is 0.316. The topological polar surface area (TPSA) is 28.4 Å². The van der Waals surface area contributed by atoms with Crippen molar-refractivity contribution in [3.05, 3.63) is 35.0 Å². The van der Waals surface area contributed by atoms with Crippen molar-refractivity contribution in [2.45, 2.75) is 13.8 Å². The fourth-order valence-corrected chi connectivity index (χ4v) is 2.44. The molecule has 0 atom stereocenters. The van der Waals surface area contributed by atoms with Crippen LogP contribution in [0.4, 0.5) is 5.69 Å². The molecule has 102 valence electrons. The summed E-state index contributed by atoms with van der Waals surface area (Å²) in [5.74, 6) is 0. The smallest absolute Gasteiger partial charge is 0.137 e. The maximum Gasteiger partial charge on any atom is 0.137 e. The first kappa shape index (κ1) is 14.0. The fraction of sp³-hybridized carbons (Fsp3) is 0.400. The summed E-state index contributed by atoms with van der Waals surface area (Å²) in [6, 6.07) is 7.81. The Hall–Kier alpha value is -1.39. The van der Waals surface area contributed by atoms with Crippen molar-refractivity contribution >= 4 is 28.9 Å². The molecule has 0 aliphatic carbocycles. The monoisotopic (exact) mass is 276 g/mol. The van der Waals surface area contributed by atoms with E-state index >= 15 is 0 Å². The number of hydrogen-bond acceptors (Lipinski definition) is 4. The summed E-state index contributed by atoms with van der Waals surface area (Å²) in [7, 11) is 0. The lowest BCUT2D eigenvalue weighted by Gasteiger charge is -2.18. The molecular weight excluding hydrogens is 256 g/mol. The van der Waals surface area contributed by atoms with E-state index in [9.17, 15) is 0 Å². The van der Waals surface area contributed by atoms with Crippen LogP contribution in [0.15, 0.2) is 34.9 Å². The van der Waals surface area contributed by atoms with Gasteiger partial charge in [-0.2, -0.15) is 0 Å². The van der Waals surface area contributed by atoms with Crippen LogP contribution >= 0.6 is 12.2 Å². The van der Waals surface area contributed by atoms with Crippen molar-refractivity contribution < 1.29 is 4.42 Å². The lowest BCUT2D eigenvalue weighted by atomic mass is 10.2. The van der Waals surface area contributed by atoms with Gasteiger partial charge in [-0.3, -0.25) is 0 Å². The van der Waals surface area contributed by atoms with Gasteiger partial charge in [-0.15, -0.1) is 0 Å². The van der Waals surface area contributed by atoms with E-state index in [1.165, 1.54) is 0 Å². The van der Waals surface area contributed by atoms with E-state index in [4.69, 9.17) is 16.6 Å². The van der Waals surface area contributed by atoms with Crippen molar-refractivity contribution in [2.24, 2.45) is 0 Å². The zero-order chi connectivity index (χ0) is 13.7. The molecule has 1 N–H and O–H groups in total. The Kier molecular flexibility index (Phi) is 4.93. The summed E-state index contributed by atoms with van der Waals surface area (Å²) >= 11 is 5.38. The first-order chi connectivity index (χ1) is 9.26. The van der Waals surface area contributed by atoms with Gasteiger partial charge in [-0.1, -0.05) is 32.1 Å². The highest BCUT2D eigenvalue weighted by atomic mass is 32.1. The van der Waals surface area contributed by atoms with E-state index in [1.807, 2.05) is 18.2 Å². The van der Waals surface area contributed by atoms with Crippen LogP contribution in [0.3, 0.4) is 0 Å². The molecular formula is C15H20N2OS. The minimum absolute atomic E-state index is 0.826. The molecule has 0 saturated carbocycles. The van der Waals surface area contributed by atoms with Crippen molar-refractivity contribution in [1.82, 2.24) is 4.90 Å². The molecule has 19 heavy (non-hydrogen) atoms. The highest BCUT2D eigenvalue weighted by molar-refractivity contribution is 7.71. The third kappa shape index (κ3) is 3.33. The average Bonchev–Trinajstić information content (AvgIpc) is 2.44. The standard InChI is InChI=1S/C15H20N2OS/c1-3-17(4-2)10-9-16-12-6-5-7-13-15(12)14(19)8-11-18-13/h5-8,11,16H,3-4,9-10H2,1-2H3. The maximum atomic E-state index is 5.49. The van der Waals surface area contributed by atoms with Gasteiger partial charge in [0.25, 0.3) is 0 Å². The summed E-state index contributed by atoms with van der Waals surface area (Å²) in [5.41, 5.74) is 1.89. The van der Waals surface area contributed by atoms with Crippen LogP contribution in [0.25, 0.3) is 11.0 Å². The van der Waals surface area contributed by atoms with Crippen LogP contribution in [0.1, 0.15) is 13.8 Å². The van der Waals surface area contributed by atoms with Crippen LogP contribution in [-0.2, 0) is 0 Å². The van der Waals surface area contributed by atoms with Crippen LogP contribution in [0, 0.1) is 4.51 Å². The molecule has 1 heterocycles. The highest BCUT2D eigenvalue weighted by Crippen LogP contribution is 2.24. The Morgan fingerprint density at radius 3 is 2.74 bits per heavy atom. The molecule has 2 aromatic rings. The van der Waals surface area contributed by atoms with Gasteiger partial charge in [0.05, 0.1) is 16.2 Å². The molecule has 0 bridgehead atoms. The molecule has 0 amide bonds. The SMILES string of the molecule is CCN(CC)CCNc1cccc2occc(=S)c12. The number of anilines is 1. The Balaban J connectivity index is 2.15. The number of likely N-dealkylation sites (N-methyl/N-ethyl adjacent to an activating group) is 1. The molecule has 4 heteroatoms. The Labute approximate surface area is 119 Å². The van der Waals surface area contributed by atoms with Gasteiger partial charge in [0.1, 0.15) is 5.58 Å². The lowest BCUT2D eigenvalue weighted by Crippen LogP contribution is -2.28. The average molecular weight is 276 g/mol. The number of nitrogens with zero attached hydrogens (tertiary/aromatic N) is 1. The molecule has 0 radical (unpaired) electrons. The third-order valence-electron chi connectivity index (χ3n) is 3.32. The van der Waals surface area contributed by atoms with Crippen LogP contribution < -0.4 is 5.32 Å². The summed E-state index contributed by atoms with van der Waals surface area (Å²) in [6.45, 7) is 8.46. The summed E-state index contributed by atoms with van der Waals surface area (Å²) in [4.78, 5) is 2.39. The van der Waals surface area contributed by atoms with E-state index < -0.39 is 0 Å². The van der Waals surface area contributed by atoms with E-state index in [0.717, 1.165) is 47.3 Å². The summed E-state index contributed by atoms with van der Waals surface area (Å²) in [5, 5.41) is 4.46. The number of fused-ring (bicyclic) bond motifs is 1. The molecule has 1 aromatic carbocycles. The van der Waals surface area contributed by atoms with Gasteiger partial charge < -0.3 is 14.6 Å². The number of rotatable bonds is 6. The summed E-state index contributed by atoms with van der Waals surface area (Å²) in [6.07, 6.45) is 1.64. The maximum absolute atomic E-state index is 5.49. The molecule has 0 unspecified atom stereocenters. The molecule has 2 rings (SSSR count). The number of nitrogens with one attached hydrogen (secondary N) is 1. The predicted octanol–water partition coefficient (Wildman–Crippen LogP) is 3.92. The van der Waals surface area contributed by atoms with Crippen LogP contribution in [0.5, 0.6) is 0 Å². The van der Waals surface area contributed by atoms with Gasteiger partial charge in [0, 0.05) is 18.8 Å². The fourth-order valence-electron chi connectivity index (χ4n) is 2.17. The van der Waals surface area contributed by atoms with Gasteiger partial charge in [-0.25, -0.2) is 0 Å². The zero-order valence-corrected chi connectivity index (χ0v) is 12.3. The molecule has 3 nitrogen and oxygen atoms in total. The van der Waals surface area contributed by atoms with Crippen molar-refractivity contribution in [2.75, 3.05) is 31.5 Å². The highest BCUT2D eigenvalue weighted by Gasteiger charge is 2.04.